The Morgan fingerprint density at radius 2 is 1.93 bits per heavy atom. The van der Waals surface area contributed by atoms with Crippen LogP contribution in [0.1, 0.15) is 45.4 Å². The van der Waals surface area contributed by atoms with E-state index in [0.717, 1.165) is 32.5 Å². The van der Waals surface area contributed by atoms with Gasteiger partial charge in [-0.25, -0.2) is 0 Å². The Balaban J connectivity index is 1.84. The summed E-state index contributed by atoms with van der Waals surface area (Å²) in [5.41, 5.74) is 5.83. The highest BCUT2D eigenvalue weighted by Crippen LogP contribution is 2.13. The van der Waals surface area contributed by atoms with E-state index in [1.165, 1.54) is 19.3 Å². The molecular formula is C11H23NO2. The fourth-order valence-electron chi connectivity index (χ4n) is 1.67. The number of hydrogen-bond acceptors (Lipinski definition) is 3. The lowest BCUT2D eigenvalue weighted by Gasteiger charge is -2.10. The van der Waals surface area contributed by atoms with Crippen LogP contribution in [0.15, 0.2) is 0 Å². The van der Waals surface area contributed by atoms with Gasteiger partial charge in [0.25, 0.3) is 0 Å². The van der Waals surface area contributed by atoms with E-state index in [2.05, 4.69) is 6.92 Å². The second kappa shape index (κ2) is 7.21. The van der Waals surface area contributed by atoms with Gasteiger partial charge in [0.05, 0.1) is 13.2 Å². The van der Waals surface area contributed by atoms with E-state index in [9.17, 15) is 0 Å². The predicted octanol–water partition coefficient (Wildman–Crippen LogP) is 2.05. The zero-order chi connectivity index (χ0) is 10.2. The number of hydrogen-bond donors (Lipinski definition) is 1. The van der Waals surface area contributed by atoms with E-state index in [4.69, 9.17) is 15.2 Å². The van der Waals surface area contributed by atoms with Gasteiger partial charge >= 0.3 is 0 Å². The van der Waals surface area contributed by atoms with Gasteiger partial charge in [-0.3, -0.25) is 0 Å². The van der Waals surface area contributed by atoms with Crippen LogP contribution in [-0.2, 0) is 9.47 Å². The van der Waals surface area contributed by atoms with Gasteiger partial charge in [0.2, 0.25) is 0 Å². The first-order valence-electron chi connectivity index (χ1n) is 5.81. The molecule has 2 N–H and O–H groups in total. The topological polar surface area (TPSA) is 44.5 Å². The van der Waals surface area contributed by atoms with Crippen molar-refractivity contribution in [2.75, 3.05) is 13.2 Å². The minimum atomic E-state index is 0.0786. The average molecular weight is 201 g/mol. The van der Waals surface area contributed by atoms with Crippen molar-refractivity contribution in [1.82, 2.24) is 0 Å². The highest BCUT2D eigenvalue weighted by atomic mass is 16.7. The predicted molar refractivity (Wildman–Crippen MR) is 57.0 cm³/mol. The van der Waals surface area contributed by atoms with Gasteiger partial charge in [0.15, 0.2) is 6.29 Å². The standard InChI is InChI=1S/C11H23NO2/c1-2-10(12)6-4-3-5-7-11-13-8-9-14-11/h10-11H,2-9,12H2,1H3. The Bertz CT molecular complexity index is 135. The summed E-state index contributed by atoms with van der Waals surface area (Å²) in [5, 5.41) is 0. The Kier molecular flexibility index (Phi) is 6.15. The summed E-state index contributed by atoms with van der Waals surface area (Å²) in [6.45, 7) is 3.68. The molecule has 1 atom stereocenters. The smallest absolute Gasteiger partial charge is 0.157 e. The van der Waals surface area contributed by atoms with Crippen LogP contribution >= 0.6 is 0 Å². The summed E-state index contributed by atoms with van der Waals surface area (Å²) in [6.07, 6.45) is 7.05. The normalized spacial score (nSPS) is 20.1. The maximum atomic E-state index is 5.83. The molecule has 0 aliphatic carbocycles. The first-order chi connectivity index (χ1) is 6.83. The van der Waals surface area contributed by atoms with Crippen molar-refractivity contribution >= 4 is 0 Å². The maximum Gasteiger partial charge on any atom is 0.157 e. The minimum absolute atomic E-state index is 0.0786. The van der Waals surface area contributed by atoms with Crippen LogP contribution in [-0.4, -0.2) is 25.5 Å². The second-order valence-electron chi connectivity index (χ2n) is 3.98. The lowest BCUT2D eigenvalue weighted by molar-refractivity contribution is -0.0480. The molecule has 3 heteroatoms. The first kappa shape index (κ1) is 12.0. The quantitative estimate of drug-likeness (QED) is 0.641. The molecule has 0 saturated carbocycles. The molecule has 1 unspecified atom stereocenters. The van der Waals surface area contributed by atoms with Crippen molar-refractivity contribution in [1.29, 1.82) is 0 Å². The van der Waals surface area contributed by atoms with Crippen LogP contribution in [0.5, 0.6) is 0 Å². The Morgan fingerprint density at radius 3 is 2.57 bits per heavy atom. The molecule has 1 rings (SSSR count). The van der Waals surface area contributed by atoms with Gasteiger partial charge in [-0.05, 0) is 25.7 Å². The highest BCUT2D eigenvalue weighted by molar-refractivity contribution is 4.59. The minimum Gasteiger partial charge on any atom is -0.350 e. The van der Waals surface area contributed by atoms with Crippen LogP contribution < -0.4 is 5.73 Å². The Hall–Kier alpha value is -0.120. The van der Waals surface area contributed by atoms with Crippen molar-refractivity contribution < 1.29 is 9.47 Å². The third-order valence-corrected chi connectivity index (χ3v) is 2.73. The molecule has 0 spiro atoms. The molecule has 1 saturated heterocycles. The Labute approximate surface area is 86.9 Å². The third-order valence-electron chi connectivity index (χ3n) is 2.73. The summed E-state index contributed by atoms with van der Waals surface area (Å²) >= 11 is 0. The van der Waals surface area contributed by atoms with Crippen molar-refractivity contribution in [3.8, 4) is 0 Å². The lowest BCUT2D eigenvalue weighted by atomic mass is 10.1. The van der Waals surface area contributed by atoms with Crippen LogP contribution in [0.2, 0.25) is 0 Å². The monoisotopic (exact) mass is 201 g/mol. The van der Waals surface area contributed by atoms with E-state index in [0.29, 0.717) is 6.04 Å². The first-order valence-corrected chi connectivity index (χ1v) is 5.81. The highest BCUT2D eigenvalue weighted by Gasteiger charge is 2.14. The summed E-state index contributed by atoms with van der Waals surface area (Å²) in [5.74, 6) is 0. The van der Waals surface area contributed by atoms with Gasteiger partial charge in [0, 0.05) is 6.04 Å². The molecule has 0 aromatic heterocycles. The van der Waals surface area contributed by atoms with Crippen molar-refractivity contribution in [2.24, 2.45) is 5.73 Å². The van der Waals surface area contributed by atoms with Crippen LogP contribution in [0.4, 0.5) is 0 Å². The molecule has 0 bridgehead atoms. The van der Waals surface area contributed by atoms with Gasteiger partial charge < -0.3 is 15.2 Å². The molecular weight excluding hydrogens is 178 g/mol. The van der Waals surface area contributed by atoms with Gasteiger partial charge in [0.1, 0.15) is 0 Å². The zero-order valence-corrected chi connectivity index (χ0v) is 9.21. The summed E-state index contributed by atoms with van der Waals surface area (Å²) < 4.78 is 10.7. The molecule has 0 radical (unpaired) electrons. The summed E-state index contributed by atoms with van der Waals surface area (Å²) in [4.78, 5) is 0. The molecule has 0 amide bonds. The fourth-order valence-corrected chi connectivity index (χ4v) is 1.67. The molecule has 3 nitrogen and oxygen atoms in total. The van der Waals surface area contributed by atoms with Crippen LogP contribution in [0.3, 0.4) is 0 Å². The summed E-state index contributed by atoms with van der Waals surface area (Å²) in [6, 6.07) is 0.397. The van der Waals surface area contributed by atoms with Crippen LogP contribution in [0, 0.1) is 0 Å². The molecule has 14 heavy (non-hydrogen) atoms. The maximum absolute atomic E-state index is 5.83. The molecule has 1 aliphatic rings. The molecule has 0 aromatic rings. The molecule has 1 fully saturated rings. The molecule has 84 valence electrons. The van der Waals surface area contributed by atoms with Crippen molar-refractivity contribution in [2.45, 2.75) is 57.8 Å². The van der Waals surface area contributed by atoms with Gasteiger partial charge in [-0.2, -0.15) is 0 Å². The average Bonchev–Trinajstić information content (AvgIpc) is 2.69. The molecule has 0 aromatic carbocycles. The number of ether oxygens (including phenoxy) is 2. The fraction of sp³-hybridized carbons (Fsp3) is 1.00. The van der Waals surface area contributed by atoms with E-state index in [-0.39, 0.29) is 6.29 Å². The Morgan fingerprint density at radius 1 is 1.21 bits per heavy atom. The second-order valence-corrected chi connectivity index (χ2v) is 3.98. The SMILES string of the molecule is CCC(N)CCCCCC1OCCO1. The summed E-state index contributed by atoms with van der Waals surface area (Å²) in [7, 11) is 0. The van der Waals surface area contributed by atoms with Crippen molar-refractivity contribution in [3.63, 3.8) is 0 Å². The van der Waals surface area contributed by atoms with Crippen LogP contribution in [0.25, 0.3) is 0 Å². The number of nitrogens with two attached hydrogens (primary N) is 1. The van der Waals surface area contributed by atoms with E-state index < -0.39 is 0 Å². The van der Waals surface area contributed by atoms with E-state index >= 15 is 0 Å². The molecule has 1 aliphatic heterocycles. The van der Waals surface area contributed by atoms with Gasteiger partial charge in [-0.15, -0.1) is 0 Å². The largest absolute Gasteiger partial charge is 0.350 e. The van der Waals surface area contributed by atoms with E-state index in [1.807, 2.05) is 0 Å². The molecule has 1 heterocycles. The lowest BCUT2D eigenvalue weighted by Crippen LogP contribution is -2.17. The van der Waals surface area contributed by atoms with E-state index in [1.54, 1.807) is 0 Å². The number of rotatable bonds is 7. The zero-order valence-electron chi connectivity index (χ0n) is 9.21. The third kappa shape index (κ3) is 4.94. The number of unbranched alkanes of at least 4 members (excludes halogenated alkanes) is 2. The van der Waals surface area contributed by atoms with Gasteiger partial charge in [-0.1, -0.05) is 19.8 Å². The van der Waals surface area contributed by atoms with Crippen molar-refractivity contribution in [3.05, 3.63) is 0 Å².